The normalized spacial score (nSPS) is 10.4. The SMILES string of the molecule is CCOC(=O)C=Cc1ccc(N)c(OC)c1. The molecule has 0 aliphatic carbocycles. The number of methoxy groups -OCH3 is 1. The molecule has 0 saturated heterocycles. The summed E-state index contributed by atoms with van der Waals surface area (Å²) < 4.78 is 9.83. The molecule has 1 rings (SSSR count). The Morgan fingerprint density at radius 3 is 2.88 bits per heavy atom. The molecule has 16 heavy (non-hydrogen) atoms. The maximum Gasteiger partial charge on any atom is 0.330 e. The Morgan fingerprint density at radius 2 is 2.25 bits per heavy atom. The number of nitrogen functional groups attached to an aromatic ring is 1. The van der Waals surface area contributed by atoms with Gasteiger partial charge in [-0.05, 0) is 30.7 Å². The summed E-state index contributed by atoms with van der Waals surface area (Å²) in [4.78, 5) is 11.1. The standard InChI is InChI=1S/C12H15NO3/c1-3-16-12(14)7-5-9-4-6-10(13)11(8-9)15-2/h4-8H,3,13H2,1-2H3. The van der Waals surface area contributed by atoms with E-state index in [9.17, 15) is 4.79 Å². The highest BCUT2D eigenvalue weighted by atomic mass is 16.5. The highest BCUT2D eigenvalue weighted by Gasteiger charge is 1.99. The average Bonchev–Trinajstić information content (AvgIpc) is 2.28. The van der Waals surface area contributed by atoms with E-state index in [0.29, 0.717) is 18.0 Å². The number of hydrogen-bond acceptors (Lipinski definition) is 4. The molecule has 0 unspecified atom stereocenters. The van der Waals surface area contributed by atoms with E-state index in [2.05, 4.69) is 0 Å². The van der Waals surface area contributed by atoms with Crippen molar-refractivity contribution in [2.24, 2.45) is 0 Å². The van der Waals surface area contributed by atoms with Gasteiger partial charge in [-0.1, -0.05) is 6.07 Å². The van der Waals surface area contributed by atoms with Gasteiger partial charge in [0.25, 0.3) is 0 Å². The number of hydrogen-bond donors (Lipinski definition) is 1. The highest BCUT2D eigenvalue weighted by Crippen LogP contribution is 2.22. The van der Waals surface area contributed by atoms with Gasteiger partial charge in [0.2, 0.25) is 0 Å². The zero-order chi connectivity index (χ0) is 12.0. The number of nitrogens with two attached hydrogens (primary N) is 1. The monoisotopic (exact) mass is 221 g/mol. The number of carbonyl (C=O) groups excluding carboxylic acids is 1. The fourth-order valence-electron chi connectivity index (χ4n) is 1.19. The van der Waals surface area contributed by atoms with Crippen LogP contribution < -0.4 is 10.5 Å². The van der Waals surface area contributed by atoms with E-state index in [1.165, 1.54) is 6.08 Å². The first kappa shape index (κ1) is 12.1. The number of rotatable bonds is 4. The van der Waals surface area contributed by atoms with Crippen molar-refractivity contribution in [1.29, 1.82) is 0 Å². The van der Waals surface area contributed by atoms with Crippen LogP contribution in [-0.2, 0) is 9.53 Å². The zero-order valence-corrected chi connectivity index (χ0v) is 9.40. The number of anilines is 1. The third-order valence-electron chi connectivity index (χ3n) is 1.96. The predicted octanol–water partition coefficient (Wildman–Crippen LogP) is 1.85. The molecule has 0 aromatic heterocycles. The van der Waals surface area contributed by atoms with Crippen LogP contribution in [0.3, 0.4) is 0 Å². The Labute approximate surface area is 94.7 Å². The average molecular weight is 221 g/mol. The first-order valence-corrected chi connectivity index (χ1v) is 4.95. The van der Waals surface area contributed by atoms with Crippen LogP contribution in [0.4, 0.5) is 5.69 Å². The van der Waals surface area contributed by atoms with Crippen molar-refractivity contribution in [1.82, 2.24) is 0 Å². The van der Waals surface area contributed by atoms with E-state index in [0.717, 1.165) is 5.56 Å². The summed E-state index contributed by atoms with van der Waals surface area (Å²) in [6.07, 6.45) is 3.02. The number of esters is 1. The van der Waals surface area contributed by atoms with Crippen molar-refractivity contribution in [3.8, 4) is 5.75 Å². The lowest BCUT2D eigenvalue weighted by Crippen LogP contribution is -1.98. The topological polar surface area (TPSA) is 61.5 Å². The van der Waals surface area contributed by atoms with Crippen LogP contribution in [0.25, 0.3) is 6.08 Å². The summed E-state index contributed by atoms with van der Waals surface area (Å²) >= 11 is 0. The lowest BCUT2D eigenvalue weighted by atomic mass is 10.2. The predicted molar refractivity (Wildman–Crippen MR) is 63.1 cm³/mol. The van der Waals surface area contributed by atoms with Gasteiger partial charge in [0.15, 0.2) is 0 Å². The molecule has 1 aromatic rings. The number of carbonyl (C=O) groups is 1. The lowest BCUT2D eigenvalue weighted by Gasteiger charge is -2.04. The highest BCUT2D eigenvalue weighted by molar-refractivity contribution is 5.87. The van der Waals surface area contributed by atoms with Gasteiger partial charge >= 0.3 is 5.97 Å². The molecule has 0 fully saturated rings. The number of benzene rings is 1. The molecule has 0 radical (unpaired) electrons. The second-order valence-electron chi connectivity index (χ2n) is 3.09. The Hall–Kier alpha value is -1.97. The molecule has 0 saturated carbocycles. The minimum Gasteiger partial charge on any atom is -0.495 e. The summed E-state index contributed by atoms with van der Waals surface area (Å²) in [5, 5.41) is 0. The molecule has 2 N–H and O–H groups in total. The molecular weight excluding hydrogens is 206 g/mol. The summed E-state index contributed by atoms with van der Waals surface area (Å²) in [5.41, 5.74) is 7.06. The molecule has 0 amide bonds. The van der Waals surface area contributed by atoms with Crippen LogP contribution in [0, 0.1) is 0 Å². The molecule has 0 aliphatic heterocycles. The Balaban J connectivity index is 2.78. The van der Waals surface area contributed by atoms with Crippen LogP contribution in [-0.4, -0.2) is 19.7 Å². The second kappa shape index (κ2) is 5.80. The molecule has 86 valence electrons. The van der Waals surface area contributed by atoms with E-state index in [1.807, 2.05) is 0 Å². The minimum absolute atomic E-state index is 0.363. The fourth-order valence-corrected chi connectivity index (χ4v) is 1.19. The van der Waals surface area contributed by atoms with E-state index >= 15 is 0 Å². The van der Waals surface area contributed by atoms with Gasteiger partial charge in [0.05, 0.1) is 19.4 Å². The van der Waals surface area contributed by atoms with Crippen molar-refractivity contribution >= 4 is 17.7 Å². The van der Waals surface area contributed by atoms with Gasteiger partial charge in [0.1, 0.15) is 5.75 Å². The molecule has 0 heterocycles. The quantitative estimate of drug-likeness (QED) is 0.479. The van der Waals surface area contributed by atoms with Crippen LogP contribution in [0.1, 0.15) is 12.5 Å². The number of ether oxygens (including phenoxy) is 2. The molecular formula is C12H15NO3. The van der Waals surface area contributed by atoms with Crippen molar-refractivity contribution in [3.63, 3.8) is 0 Å². The zero-order valence-electron chi connectivity index (χ0n) is 9.40. The Morgan fingerprint density at radius 1 is 1.50 bits per heavy atom. The van der Waals surface area contributed by atoms with Crippen LogP contribution in [0.15, 0.2) is 24.3 Å². The second-order valence-corrected chi connectivity index (χ2v) is 3.09. The first-order chi connectivity index (χ1) is 7.67. The smallest absolute Gasteiger partial charge is 0.330 e. The fraction of sp³-hybridized carbons (Fsp3) is 0.250. The van der Waals surface area contributed by atoms with Crippen molar-refractivity contribution < 1.29 is 14.3 Å². The van der Waals surface area contributed by atoms with Crippen molar-refractivity contribution in [2.45, 2.75) is 6.92 Å². The van der Waals surface area contributed by atoms with Crippen LogP contribution in [0.5, 0.6) is 5.75 Å². The van der Waals surface area contributed by atoms with Crippen LogP contribution in [0.2, 0.25) is 0 Å². The third kappa shape index (κ3) is 3.31. The summed E-state index contributed by atoms with van der Waals surface area (Å²) in [7, 11) is 1.55. The van der Waals surface area contributed by atoms with E-state index in [-0.39, 0.29) is 5.97 Å². The maximum absolute atomic E-state index is 11.1. The van der Waals surface area contributed by atoms with Gasteiger partial charge < -0.3 is 15.2 Å². The van der Waals surface area contributed by atoms with E-state index < -0.39 is 0 Å². The molecule has 1 aromatic carbocycles. The molecule has 0 aliphatic rings. The molecule has 0 atom stereocenters. The lowest BCUT2D eigenvalue weighted by molar-refractivity contribution is -0.137. The molecule has 4 nitrogen and oxygen atoms in total. The minimum atomic E-state index is -0.363. The molecule has 0 bridgehead atoms. The van der Waals surface area contributed by atoms with Gasteiger partial charge in [-0.15, -0.1) is 0 Å². The largest absolute Gasteiger partial charge is 0.495 e. The van der Waals surface area contributed by atoms with Gasteiger partial charge in [0, 0.05) is 6.08 Å². The molecule has 0 spiro atoms. The summed E-state index contributed by atoms with van der Waals surface area (Å²) in [5.74, 6) is 0.226. The Kier molecular flexibility index (Phi) is 4.39. The summed E-state index contributed by atoms with van der Waals surface area (Å²) in [6, 6.07) is 5.28. The van der Waals surface area contributed by atoms with Crippen molar-refractivity contribution in [3.05, 3.63) is 29.8 Å². The maximum atomic E-state index is 11.1. The van der Waals surface area contributed by atoms with E-state index in [4.69, 9.17) is 15.2 Å². The Bertz CT molecular complexity index is 399. The van der Waals surface area contributed by atoms with Crippen molar-refractivity contribution in [2.75, 3.05) is 19.5 Å². The van der Waals surface area contributed by atoms with Gasteiger partial charge in [-0.25, -0.2) is 4.79 Å². The first-order valence-electron chi connectivity index (χ1n) is 4.95. The van der Waals surface area contributed by atoms with Gasteiger partial charge in [-0.2, -0.15) is 0 Å². The third-order valence-corrected chi connectivity index (χ3v) is 1.96. The van der Waals surface area contributed by atoms with Crippen LogP contribution >= 0.6 is 0 Å². The molecule has 4 heteroatoms. The van der Waals surface area contributed by atoms with Gasteiger partial charge in [-0.3, -0.25) is 0 Å². The summed E-state index contributed by atoms with van der Waals surface area (Å²) in [6.45, 7) is 2.13. The van der Waals surface area contributed by atoms with E-state index in [1.54, 1.807) is 38.3 Å².